The van der Waals surface area contributed by atoms with Gasteiger partial charge in [0.25, 0.3) is 0 Å². The number of aliphatic hydroxyl groups is 1. The summed E-state index contributed by atoms with van der Waals surface area (Å²) < 4.78 is 1.97. The molecular formula is C10H16N2O. The van der Waals surface area contributed by atoms with Crippen molar-refractivity contribution in [2.75, 3.05) is 6.61 Å². The lowest BCUT2D eigenvalue weighted by atomic mass is 10.2. The molecule has 0 radical (unpaired) electrons. The minimum absolute atomic E-state index is 0.317. The van der Waals surface area contributed by atoms with Gasteiger partial charge in [0.05, 0.1) is 6.20 Å². The van der Waals surface area contributed by atoms with E-state index in [1.807, 2.05) is 10.9 Å². The van der Waals surface area contributed by atoms with Gasteiger partial charge in [0.15, 0.2) is 0 Å². The van der Waals surface area contributed by atoms with E-state index in [1.54, 1.807) is 0 Å². The molecule has 3 heteroatoms. The molecule has 3 nitrogen and oxygen atoms in total. The molecule has 0 aliphatic heterocycles. The highest BCUT2D eigenvalue weighted by atomic mass is 16.3. The van der Waals surface area contributed by atoms with E-state index < -0.39 is 0 Å². The Hall–Kier alpha value is -0.830. The van der Waals surface area contributed by atoms with Crippen molar-refractivity contribution in [1.29, 1.82) is 0 Å². The molecule has 2 atom stereocenters. The zero-order valence-electron chi connectivity index (χ0n) is 8.14. The van der Waals surface area contributed by atoms with Crippen LogP contribution in [0.5, 0.6) is 0 Å². The van der Waals surface area contributed by atoms with Gasteiger partial charge >= 0.3 is 0 Å². The Balaban J connectivity index is 2.07. The summed E-state index contributed by atoms with van der Waals surface area (Å²) in [7, 11) is 0. The maximum Gasteiger partial charge on any atom is 0.0524 e. The van der Waals surface area contributed by atoms with Crippen molar-refractivity contribution in [2.45, 2.75) is 32.2 Å². The van der Waals surface area contributed by atoms with Gasteiger partial charge in [-0.15, -0.1) is 0 Å². The average Bonchev–Trinajstić information content (AvgIpc) is 2.73. The highest BCUT2D eigenvalue weighted by Crippen LogP contribution is 2.46. The van der Waals surface area contributed by atoms with Crippen molar-refractivity contribution < 1.29 is 5.11 Å². The van der Waals surface area contributed by atoms with Crippen molar-refractivity contribution in [2.24, 2.45) is 5.92 Å². The molecule has 2 unspecified atom stereocenters. The summed E-state index contributed by atoms with van der Waals surface area (Å²) >= 11 is 0. The van der Waals surface area contributed by atoms with Gasteiger partial charge in [0.1, 0.15) is 0 Å². The van der Waals surface area contributed by atoms with Crippen LogP contribution in [0.2, 0.25) is 0 Å². The quantitative estimate of drug-likeness (QED) is 0.766. The summed E-state index contributed by atoms with van der Waals surface area (Å²) in [6.07, 6.45) is 5.16. The van der Waals surface area contributed by atoms with E-state index in [0.717, 1.165) is 6.42 Å². The van der Waals surface area contributed by atoms with E-state index in [4.69, 9.17) is 5.11 Å². The van der Waals surface area contributed by atoms with Gasteiger partial charge in [-0.1, -0.05) is 0 Å². The van der Waals surface area contributed by atoms with Crippen molar-refractivity contribution in [3.63, 3.8) is 0 Å². The molecule has 1 aliphatic rings. The molecule has 13 heavy (non-hydrogen) atoms. The van der Waals surface area contributed by atoms with E-state index in [0.29, 0.717) is 24.5 Å². The zero-order valence-corrected chi connectivity index (χ0v) is 8.14. The largest absolute Gasteiger partial charge is 0.396 e. The van der Waals surface area contributed by atoms with Gasteiger partial charge in [0, 0.05) is 18.8 Å². The molecule has 0 bridgehead atoms. The van der Waals surface area contributed by atoms with E-state index in [2.05, 4.69) is 25.1 Å². The number of hydrogen-bond donors (Lipinski definition) is 1. The van der Waals surface area contributed by atoms with Gasteiger partial charge < -0.3 is 5.11 Å². The Morgan fingerprint density at radius 1 is 1.69 bits per heavy atom. The zero-order chi connectivity index (χ0) is 9.42. The van der Waals surface area contributed by atoms with E-state index >= 15 is 0 Å². The van der Waals surface area contributed by atoms with Crippen LogP contribution in [0.3, 0.4) is 0 Å². The Morgan fingerprint density at radius 3 is 2.92 bits per heavy atom. The molecule has 1 saturated carbocycles. The molecule has 0 aromatic carbocycles. The molecule has 1 heterocycles. The fraction of sp³-hybridized carbons (Fsp3) is 0.700. The summed E-state index contributed by atoms with van der Waals surface area (Å²) in [6, 6.07) is 0.431. The van der Waals surface area contributed by atoms with Crippen LogP contribution in [-0.4, -0.2) is 21.5 Å². The molecule has 1 fully saturated rings. The molecule has 2 rings (SSSR count). The second kappa shape index (κ2) is 3.14. The Morgan fingerprint density at radius 2 is 2.46 bits per heavy atom. The van der Waals surface area contributed by atoms with E-state index in [9.17, 15) is 0 Å². The Bertz CT molecular complexity index is 293. The Kier molecular flexibility index (Phi) is 2.12. The van der Waals surface area contributed by atoms with Crippen molar-refractivity contribution in [3.05, 3.63) is 18.0 Å². The molecule has 1 aromatic heterocycles. The van der Waals surface area contributed by atoms with Crippen LogP contribution in [0.15, 0.2) is 12.4 Å². The third-order valence-electron chi connectivity index (χ3n) is 2.74. The Labute approximate surface area is 78.4 Å². The molecule has 1 aromatic rings. The van der Waals surface area contributed by atoms with Crippen molar-refractivity contribution in [3.8, 4) is 0 Å². The minimum Gasteiger partial charge on any atom is -0.396 e. The van der Waals surface area contributed by atoms with E-state index in [1.165, 1.54) is 5.56 Å². The first-order valence-corrected chi connectivity index (χ1v) is 4.87. The predicted octanol–water partition coefficient (Wildman–Crippen LogP) is 1.56. The number of aliphatic hydroxyl groups excluding tert-OH is 1. The lowest BCUT2D eigenvalue weighted by Crippen LogP contribution is -1.99. The predicted molar refractivity (Wildman–Crippen MR) is 50.5 cm³/mol. The maximum atomic E-state index is 8.93. The minimum atomic E-state index is 0.317. The van der Waals surface area contributed by atoms with Crippen LogP contribution < -0.4 is 0 Å². The highest BCUT2D eigenvalue weighted by molar-refractivity contribution is 5.20. The number of nitrogens with zero attached hydrogens (tertiary/aromatic N) is 2. The molecule has 0 amide bonds. The standard InChI is InChI=1S/C10H16N2O/c1-7(2)12-5-9(4-11-12)10-3-8(10)6-13/h4-5,7-8,10,13H,3,6H2,1-2H3. The van der Waals surface area contributed by atoms with Gasteiger partial charge in [-0.2, -0.15) is 5.10 Å². The van der Waals surface area contributed by atoms with Crippen LogP contribution in [0.25, 0.3) is 0 Å². The fourth-order valence-corrected chi connectivity index (χ4v) is 1.68. The lowest BCUT2D eigenvalue weighted by molar-refractivity contribution is 0.274. The summed E-state index contributed by atoms with van der Waals surface area (Å²) in [6.45, 7) is 4.55. The second-order valence-corrected chi connectivity index (χ2v) is 4.13. The second-order valence-electron chi connectivity index (χ2n) is 4.13. The lowest BCUT2D eigenvalue weighted by Gasteiger charge is -2.02. The van der Waals surface area contributed by atoms with Crippen LogP contribution >= 0.6 is 0 Å². The third kappa shape index (κ3) is 1.61. The van der Waals surface area contributed by atoms with E-state index in [-0.39, 0.29) is 0 Å². The smallest absolute Gasteiger partial charge is 0.0524 e. The van der Waals surface area contributed by atoms with Crippen LogP contribution in [0.1, 0.15) is 37.8 Å². The van der Waals surface area contributed by atoms with Gasteiger partial charge in [-0.25, -0.2) is 0 Å². The van der Waals surface area contributed by atoms with Crippen molar-refractivity contribution in [1.82, 2.24) is 9.78 Å². The first kappa shape index (κ1) is 8.75. The summed E-state index contributed by atoms with van der Waals surface area (Å²) in [4.78, 5) is 0. The highest BCUT2D eigenvalue weighted by Gasteiger charge is 2.38. The van der Waals surface area contributed by atoms with Gasteiger partial charge in [0.2, 0.25) is 0 Å². The summed E-state index contributed by atoms with van der Waals surface area (Å²) in [5, 5.41) is 13.2. The summed E-state index contributed by atoms with van der Waals surface area (Å²) in [5.74, 6) is 1.06. The monoisotopic (exact) mass is 180 g/mol. The number of hydrogen-bond acceptors (Lipinski definition) is 2. The van der Waals surface area contributed by atoms with Crippen LogP contribution in [0, 0.1) is 5.92 Å². The van der Waals surface area contributed by atoms with Crippen molar-refractivity contribution >= 4 is 0 Å². The first-order valence-electron chi connectivity index (χ1n) is 4.87. The molecule has 1 N–H and O–H groups in total. The van der Waals surface area contributed by atoms with Gasteiger partial charge in [-0.3, -0.25) is 4.68 Å². The molecule has 0 spiro atoms. The molecule has 1 aliphatic carbocycles. The maximum absolute atomic E-state index is 8.93. The fourth-order valence-electron chi connectivity index (χ4n) is 1.68. The molecule has 72 valence electrons. The normalized spacial score (nSPS) is 26.8. The number of aromatic nitrogens is 2. The molecule has 0 saturated heterocycles. The van der Waals surface area contributed by atoms with Crippen LogP contribution in [-0.2, 0) is 0 Å². The third-order valence-corrected chi connectivity index (χ3v) is 2.74. The van der Waals surface area contributed by atoms with Gasteiger partial charge in [-0.05, 0) is 37.7 Å². The average molecular weight is 180 g/mol. The first-order chi connectivity index (χ1) is 6.22. The summed E-state index contributed by atoms with van der Waals surface area (Å²) in [5.41, 5.74) is 1.28. The topological polar surface area (TPSA) is 38.0 Å². The molecular weight excluding hydrogens is 164 g/mol. The van der Waals surface area contributed by atoms with Crippen LogP contribution in [0.4, 0.5) is 0 Å². The SMILES string of the molecule is CC(C)n1cc(C2CC2CO)cn1. The number of rotatable bonds is 3.